The Morgan fingerprint density at radius 3 is 2.85 bits per heavy atom. The van der Waals surface area contributed by atoms with Crippen molar-refractivity contribution < 1.29 is 4.79 Å². The molecule has 1 aliphatic heterocycles. The summed E-state index contributed by atoms with van der Waals surface area (Å²) in [5.74, 6) is 0.635. The second kappa shape index (κ2) is 6.76. The Morgan fingerprint density at radius 1 is 1.33 bits per heavy atom. The number of anilines is 1. The van der Waals surface area contributed by atoms with Crippen molar-refractivity contribution in [2.75, 3.05) is 18.8 Å². The Labute approximate surface area is 159 Å². The summed E-state index contributed by atoms with van der Waals surface area (Å²) in [5, 5.41) is 5.40. The zero-order chi connectivity index (χ0) is 19.1. The Balaban J connectivity index is 1.64. The zero-order valence-corrected chi connectivity index (χ0v) is 16.3. The Hall–Kier alpha value is -2.76. The highest BCUT2D eigenvalue weighted by Crippen LogP contribution is 2.33. The molecule has 0 bridgehead atoms. The van der Waals surface area contributed by atoms with Crippen LogP contribution in [0.25, 0.3) is 10.9 Å². The van der Waals surface area contributed by atoms with E-state index in [1.165, 1.54) is 22.2 Å². The van der Waals surface area contributed by atoms with Gasteiger partial charge in [-0.15, -0.1) is 0 Å². The van der Waals surface area contributed by atoms with E-state index in [4.69, 9.17) is 5.73 Å². The van der Waals surface area contributed by atoms with E-state index < -0.39 is 0 Å². The Morgan fingerprint density at radius 2 is 2.15 bits per heavy atom. The molecular formula is C21H27N5O. The minimum Gasteiger partial charge on any atom is -0.382 e. The van der Waals surface area contributed by atoms with Crippen LogP contribution in [-0.2, 0) is 13.6 Å². The lowest BCUT2D eigenvalue weighted by atomic mass is 9.94. The fourth-order valence-corrected chi connectivity index (χ4v) is 4.35. The van der Waals surface area contributed by atoms with Gasteiger partial charge >= 0.3 is 0 Å². The summed E-state index contributed by atoms with van der Waals surface area (Å²) in [4.78, 5) is 14.9. The van der Waals surface area contributed by atoms with Crippen molar-refractivity contribution in [3.05, 3.63) is 47.3 Å². The second-order valence-corrected chi connectivity index (χ2v) is 7.57. The van der Waals surface area contributed by atoms with E-state index >= 15 is 0 Å². The number of carbonyl (C=O) groups is 1. The minimum atomic E-state index is -0.0136. The van der Waals surface area contributed by atoms with Gasteiger partial charge in [-0.2, -0.15) is 5.10 Å². The first-order valence-corrected chi connectivity index (χ1v) is 9.66. The van der Waals surface area contributed by atoms with Gasteiger partial charge in [0.1, 0.15) is 5.56 Å². The molecule has 0 aliphatic carbocycles. The second-order valence-electron chi connectivity index (χ2n) is 7.57. The summed E-state index contributed by atoms with van der Waals surface area (Å²) in [6, 6.07) is 8.93. The molecule has 1 amide bonds. The number of fused-ring (bicyclic) bond motifs is 1. The number of amides is 1. The van der Waals surface area contributed by atoms with Crippen molar-refractivity contribution >= 4 is 22.6 Å². The van der Waals surface area contributed by atoms with Gasteiger partial charge in [0, 0.05) is 55.4 Å². The van der Waals surface area contributed by atoms with Crippen molar-refractivity contribution in [2.45, 2.75) is 39.2 Å². The smallest absolute Gasteiger partial charge is 0.259 e. The quantitative estimate of drug-likeness (QED) is 0.774. The van der Waals surface area contributed by atoms with Crippen LogP contribution in [0.5, 0.6) is 0 Å². The summed E-state index contributed by atoms with van der Waals surface area (Å²) in [5.41, 5.74) is 10.3. The number of likely N-dealkylation sites (tertiary alicyclic amines) is 1. The number of piperidine rings is 1. The van der Waals surface area contributed by atoms with Crippen LogP contribution < -0.4 is 5.73 Å². The van der Waals surface area contributed by atoms with Crippen LogP contribution in [0.1, 0.15) is 47.3 Å². The van der Waals surface area contributed by atoms with Crippen LogP contribution in [0.3, 0.4) is 0 Å². The van der Waals surface area contributed by atoms with Gasteiger partial charge in [0.2, 0.25) is 0 Å². The first-order valence-electron chi connectivity index (χ1n) is 9.66. The largest absolute Gasteiger partial charge is 0.382 e. The van der Waals surface area contributed by atoms with Crippen molar-refractivity contribution in [1.82, 2.24) is 19.2 Å². The van der Waals surface area contributed by atoms with E-state index in [0.29, 0.717) is 17.3 Å². The van der Waals surface area contributed by atoms with Crippen molar-refractivity contribution in [2.24, 2.45) is 7.05 Å². The molecule has 2 N–H and O–H groups in total. The highest BCUT2D eigenvalue weighted by molar-refractivity contribution is 5.98. The third kappa shape index (κ3) is 3.09. The molecule has 1 unspecified atom stereocenters. The molecule has 27 heavy (non-hydrogen) atoms. The van der Waals surface area contributed by atoms with Gasteiger partial charge in [-0.05, 0) is 44.9 Å². The van der Waals surface area contributed by atoms with Gasteiger partial charge in [-0.1, -0.05) is 11.6 Å². The van der Waals surface area contributed by atoms with Gasteiger partial charge in [-0.3, -0.25) is 9.48 Å². The number of hydrogen-bond acceptors (Lipinski definition) is 3. The van der Waals surface area contributed by atoms with E-state index in [-0.39, 0.29) is 5.91 Å². The normalized spacial score (nSPS) is 17.6. The van der Waals surface area contributed by atoms with Crippen molar-refractivity contribution in [1.29, 1.82) is 0 Å². The molecular weight excluding hydrogens is 338 g/mol. The first-order chi connectivity index (χ1) is 13.0. The SMILES string of the molecule is CCn1c(C2CCCN(C(=O)c3cn(C)nc3N)C2)cc2cc(C)ccc21. The fourth-order valence-electron chi connectivity index (χ4n) is 4.35. The molecule has 1 aromatic carbocycles. The maximum Gasteiger partial charge on any atom is 0.259 e. The van der Waals surface area contributed by atoms with Gasteiger partial charge in [-0.25, -0.2) is 0 Å². The molecule has 6 nitrogen and oxygen atoms in total. The highest BCUT2D eigenvalue weighted by Gasteiger charge is 2.29. The van der Waals surface area contributed by atoms with Crippen LogP contribution in [0.4, 0.5) is 5.82 Å². The number of nitrogens with two attached hydrogens (primary N) is 1. The number of aryl methyl sites for hydroxylation is 3. The lowest BCUT2D eigenvalue weighted by molar-refractivity contribution is 0.0706. The summed E-state index contributed by atoms with van der Waals surface area (Å²) in [7, 11) is 1.79. The molecule has 0 radical (unpaired) electrons. The fraction of sp³-hybridized carbons (Fsp3) is 0.429. The molecule has 1 saturated heterocycles. The highest BCUT2D eigenvalue weighted by atomic mass is 16.2. The first kappa shape index (κ1) is 17.6. The molecule has 1 aliphatic rings. The lowest BCUT2D eigenvalue weighted by Gasteiger charge is -2.33. The van der Waals surface area contributed by atoms with E-state index in [9.17, 15) is 4.79 Å². The maximum atomic E-state index is 13.0. The number of aromatic nitrogens is 3. The van der Waals surface area contributed by atoms with Gasteiger partial charge in [0.25, 0.3) is 5.91 Å². The number of rotatable bonds is 3. The van der Waals surface area contributed by atoms with Gasteiger partial charge < -0.3 is 15.2 Å². The average Bonchev–Trinajstić information content (AvgIpc) is 3.19. The predicted molar refractivity (Wildman–Crippen MR) is 108 cm³/mol. The minimum absolute atomic E-state index is 0.0136. The van der Waals surface area contributed by atoms with Crippen LogP contribution >= 0.6 is 0 Å². The third-order valence-electron chi connectivity index (χ3n) is 5.62. The summed E-state index contributed by atoms with van der Waals surface area (Å²) in [6.45, 7) is 6.74. The lowest BCUT2D eigenvalue weighted by Crippen LogP contribution is -2.39. The predicted octanol–water partition coefficient (Wildman–Crippen LogP) is 3.31. The van der Waals surface area contributed by atoms with Crippen molar-refractivity contribution in [3.8, 4) is 0 Å². The van der Waals surface area contributed by atoms with E-state index in [0.717, 1.165) is 32.5 Å². The van der Waals surface area contributed by atoms with E-state index in [2.05, 4.69) is 47.8 Å². The molecule has 3 heterocycles. The van der Waals surface area contributed by atoms with Crippen molar-refractivity contribution in [3.63, 3.8) is 0 Å². The average molecular weight is 365 g/mol. The number of nitrogens with zero attached hydrogens (tertiary/aromatic N) is 4. The Kier molecular flexibility index (Phi) is 4.42. The van der Waals surface area contributed by atoms with Gasteiger partial charge in [0.15, 0.2) is 5.82 Å². The number of benzene rings is 1. The summed E-state index contributed by atoms with van der Waals surface area (Å²) in [6.07, 6.45) is 3.82. The molecule has 0 saturated carbocycles. The standard InChI is InChI=1S/C21H27N5O/c1-4-26-18-8-7-14(2)10-16(18)11-19(26)15-6-5-9-25(12-15)21(27)17-13-24(3)23-20(17)22/h7-8,10-11,13,15H,4-6,9,12H2,1-3H3,(H2,22,23). The van der Waals surface area contributed by atoms with E-state index in [1.807, 2.05) is 4.90 Å². The van der Waals surface area contributed by atoms with Gasteiger partial charge in [0.05, 0.1) is 0 Å². The molecule has 1 fully saturated rings. The third-order valence-corrected chi connectivity index (χ3v) is 5.62. The molecule has 0 spiro atoms. The topological polar surface area (TPSA) is 69.1 Å². The molecule has 1 atom stereocenters. The number of carbonyl (C=O) groups excluding carboxylic acids is 1. The number of nitrogen functional groups attached to an aromatic ring is 1. The monoisotopic (exact) mass is 365 g/mol. The maximum absolute atomic E-state index is 13.0. The molecule has 6 heteroatoms. The van der Waals surface area contributed by atoms with Crippen LogP contribution in [-0.4, -0.2) is 38.2 Å². The molecule has 3 aromatic rings. The summed E-state index contributed by atoms with van der Waals surface area (Å²) >= 11 is 0. The zero-order valence-electron chi connectivity index (χ0n) is 16.3. The molecule has 142 valence electrons. The summed E-state index contributed by atoms with van der Waals surface area (Å²) < 4.78 is 3.99. The van der Waals surface area contributed by atoms with Crippen LogP contribution in [0, 0.1) is 6.92 Å². The van der Waals surface area contributed by atoms with Crippen LogP contribution in [0.2, 0.25) is 0 Å². The Bertz CT molecular complexity index is 1000. The molecule has 4 rings (SSSR count). The number of hydrogen-bond donors (Lipinski definition) is 1. The van der Waals surface area contributed by atoms with Crippen LogP contribution in [0.15, 0.2) is 30.5 Å². The van der Waals surface area contributed by atoms with E-state index in [1.54, 1.807) is 17.9 Å². The molecule has 2 aromatic heterocycles.